The molecule has 0 saturated carbocycles. The second kappa shape index (κ2) is 7.66. The number of rotatable bonds is 7. The standard InChI is InChI=1S/C13H19N3O/c1-16(9-10-17-2)8-7-15-13-5-3-12(11-14)4-6-13/h3-6,15H,7-10H2,1-2H3. The Bertz CT molecular complexity index is 356. The molecule has 0 aliphatic heterocycles. The summed E-state index contributed by atoms with van der Waals surface area (Å²) in [5.74, 6) is 0. The van der Waals surface area contributed by atoms with Crippen LogP contribution in [0.1, 0.15) is 5.56 Å². The van der Waals surface area contributed by atoms with Gasteiger partial charge in [0.2, 0.25) is 0 Å². The Balaban J connectivity index is 2.24. The van der Waals surface area contributed by atoms with Gasteiger partial charge in [0.05, 0.1) is 18.2 Å². The fraction of sp³-hybridized carbons (Fsp3) is 0.462. The van der Waals surface area contributed by atoms with Gasteiger partial charge in [0.15, 0.2) is 0 Å². The van der Waals surface area contributed by atoms with Crippen LogP contribution in [0.5, 0.6) is 0 Å². The van der Waals surface area contributed by atoms with Crippen molar-refractivity contribution >= 4 is 5.69 Å². The summed E-state index contributed by atoms with van der Waals surface area (Å²) in [7, 11) is 3.78. The summed E-state index contributed by atoms with van der Waals surface area (Å²) in [5.41, 5.74) is 1.73. The lowest BCUT2D eigenvalue weighted by atomic mass is 10.2. The molecule has 92 valence electrons. The highest BCUT2D eigenvalue weighted by molar-refractivity contribution is 5.47. The van der Waals surface area contributed by atoms with Crippen molar-refractivity contribution in [3.8, 4) is 6.07 Å². The highest BCUT2D eigenvalue weighted by Gasteiger charge is 1.97. The van der Waals surface area contributed by atoms with Crippen LogP contribution in [0.25, 0.3) is 0 Å². The number of nitriles is 1. The van der Waals surface area contributed by atoms with E-state index in [4.69, 9.17) is 10.00 Å². The minimum absolute atomic E-state index is 0.688. The molecule has 1 aromatic carbocycles. The lowest BCUT2D eigenvalue weighted by molar-refractivity contribution is 0.163. The maximum absolute atomic E-state index is 8.67. The lowest BCUT2D eigenvalue weighted by Gasteiger charge is -2.16. The first-order chi connectivity index (χ1) is 8.26. The van der Waals surface area contributed by atoms with Gasteiger partial charge in [0, 0.05) is 32.4 Å². The highest BCUT2D eigenvalue weighted by Crippen LogP contribution is 2.07. The van der Waals surface area contributed by atoms with Crippen LogP contribution >= 0.6 is 0 Å². The van der Waals surface area contributed by atoms with Crippen molar-refractivity contribution < 1.29 is 4.74 Å². The van der Waals surface area contributed by atoms with Gasteiger partial charge >= 0.3 is 0 Å². The molecule has 0 aromatic heterocycles. The normalized spacial score (nSPS) is 10.2. The highest BCUT2D eigenvalue weighted by atomic mass is 16.5. The van der Waals surface area contributed by atoms with Gasteiger partial charge in [0.1, 0.15) is 0 Å². The summed E-state index contributed by atoms with van der Waals surface area (Å²) in [6.07, 6.45) is 0. The fourth-order valence-corrected chi connectivity index (χ4v) is 1.41. The Morgan fingerprint density at radius 2 is 2.00 bits per heavy atom. The Kier molecular flexibility index (Phi) is 6.08. The molecule has 0 heterocycles. The van der Waals surface area contributed by atoms with E-state index in [1.54, 1.807) is 7.11 Å². The van der Waals surface area contributed by atoms with E-state index in [-0.39, 0.29) is 0 Å². The summed E-state index contributed by atoms with van der Waals surface area (Å²) in [6, 6.07) is 9.58. The first-order valence-corrected chi connectivity index (χ1v) is 5.68. The second-order valence-corrected chi connectivity index (χ2v) is 3.91. The number of likely N-dealkylation sites (N-methyl/N-ethyl adjacent to an activating group) is 1. The van der Waals surface area contributed by atoms with Crippen LogP contribution in [-0.2, 0) is 4.74 Å². The zero-order valence-electron chi connectivity index (χ0n) is 10.4. The number of anilines is 1. The predicted octanol–water partition coefficient (Wildman–Crippen LogP) is 1.55. The van der Waals surface area contributed by atoms with Crippen LogP contribution in [0.4, 0.5) is 5.69 Å². The molecular weight excluding hydrogens is 214 g/mol. The summed E-state index contributed by atoms with van der Waals surface area (Å²) < 4.78 is 5.01. The fourth-order valence-electron chi connectivity index (χ4n) is 1.41. The molecule has 0 spiro atoms. The third-order valence-corrected chi connectivity index (χ3v) is 2.51. The van der Waals surface area contributed by atoms with Crippen LogP contribution in [0.2, 0.25) is 0 Å². The second-order valence-electron chi connectivity index (χ2n) is 3.91. The van der Waals surface area contributed by atoms with Crippen molar-refractivity contribution in [2.24, 2.45) is 0 Å². The molecular formula is C13H19N3O. The number of hydrogen-bond acceptors (Lipinski definition) is 4. The van der Waals surface area contributed by atoms with Crippen LogP contribution in [0, 0.1) is 11.3 Å². The molecule has 0 bridgehead atoms. The van der Waals surface area contributed by atoms with Gasteiger partial charge in [-0.25, -0.2) is 0 Å². The molecule has 17 heavy (non-hydrogen) atoms. The van der Waals surface area contributed by atoms with Gasteiger partial charge in [-0.15, -0.1) is 0 Å². The van der Waals surface area contributed by atoms with Gasteiger partial charge < -0.3 is 15.0 Å². The van der Waals surface area contributed by atoms with Gasteiger partial charge in [0.25, 0.3) is 0 Å². The molecule has 1 rings (SSSR count). The molecule has 4 heteroatoms. The predicted molar refractivity (Wildman–Crippen MR) is 69.0 cm³/mol. The zero-order valence-corrected chi connectivity index (χ0v) is 10.4. The van der Waals surface area contributed by atoms with E-state index >= 15 is 0 Å². The van der Waals surface area contributed by atoms with E-state index in [1.165, 1.54) is 0 Å². The van der Waals surface area contributed by atoms with Crippen molar-refractivity contribution in [1.29, 1.82) is 5.26 Å². The van der Waals surface area contributed by atoms with E-state index in [2.05, 4.69) is 23.3 Å². The Morgan fingerprint density at radius 3 is 2.59 bits per heavy atom. The van der Waals surface area contributed by atoms with Crippen LogP contribution in [0.15, 0.2) is 24.3 Å². The zero-order chi connectivity index (χ0) is 12.5. The van der Waals surface area contributed by atoms with E-state index < -0.39 is 0 Å². The van der Waals surface area contributed by atoms with E-state index in [1.807, 2.05) is 24.3 Å². The molecule has 0 unspecified atom stereocenters. The summed E-state index contributed by atoms with van der Waals surface area (Å²) >= 11 is 0. The maximum Gasteiger partial charge on any atom is 0.0991 e. The average Bonchev–Trinajstić information content (AvgIpc) is 2.37. The van der Waals surface area contributed by atoms with Crippen molar-refractivity contribution in [3.05, 3.63) is 29.8 Å². The molecule has 0 fully saturated rings. The van der Waals surface area contributed by atoms with Gasteiger partial charge in [-0.05, 0) is 31.3 Å². The monoisotopic (exact) mass is 233 g/mol. The smallest absolute Gasteiger partial charge is 0.0991 e. The first kappa shape index (κ1) is 13.5. The lowest BCUT2D eigenvalue weighted by Crippen LogP contribution is -2.28. The van der Waals surface area contributed by atoms with Crippen LogP contribution < -0.4 is 5.32 Å². The molecule has 4 nitrogen and oxygen atoms in total. The topological polar surface area (TPSA) is 48.3 Å². The van der Waals surface area contributed by atoms with E-state index in [9.17, 15) is 0 Å². The van der Waals surface area contributed by atoms with Gasteiger partial charge in [-0.1, -0.05) is 0 Å². The molecule has 0 aliphatic rings. The van der Waals surface area contributed by atoms with Crippen LogP contribution in [-0.4, -0.2) is 45.3 Å². The summed E-state index contributed by atoms with van der Waals surface area (Å²) in [4.78, 5) is 2.21. The summed E-state index contributed by atoms with van der Waals surface area (Å²) in [5, 5.41) is 12.0. The van der Waals surface area contributed by atoms with Gasteiger partial charge in [-0.2, -0.15) is 5.26 Å². The number of nitrogens with zero attached hydrogens (tertiary/aromatic N) is 2. The van der Waals surface area contributed by atoms with Crippen molar-refractivity contribution in [2.45, 2.75) is 0 Å². The number of methoxy groups -OCH3 is 1. The number of hydrogen-bond donors (Lipinski definition) is 1. The molecule has 0 radical (unpaired) electrons. The Labute approximate surface area is 103 Å². The Hall–Kier alpha value is -1.57. The SMILES string of the molecule is COCCN(C)CCNc1ccc(C#N)cc1. The molecule has 0 amide bonds. The summed E-state index contributed by atoms with van der Waals surface area (Å²) in [6.45, 7) is 3.54. The maximum atomic E-state index is 8.67. The molecule has 0 saturated heterocycles. The quantitative estimate of drug-likeness (QED) is 0.776. The minimum atomic E-state index is 0.688. The number of benzene rings is 1. The van der Waals surface area contributed by atoms with Crippen molar-refractivity contribution in [3.63, 3.8) is 0 Å². The van der Waals surface area contributed by atoms with Crippen molar-refractivity contribution in [1.82, 2.24) is 4.90 Å². The third-order valence-electron chi connectivity index (χ3n) is 2.51. The third kappa shape index (κ3) is 5.34. The molecule has 1 aromatic rings. The largest absolute Gasteiger partial charge is 0.384 e. The van der Waals surface area contributed by atoms with Crippen molar-refractivity contribution in [2.75, 3.05) is 45.7 Å². The molecule has 0 atom stereocenters. The Morgan fingerprint density at radius 1 is 1.29 bits per heavy atom. The van der Waals surface area contributed by atoms with Gasteiger partial charge in [-0.3, -0.25) is 0 Å². The van der Waals surface area contributed by atoms with Crippen LogP contribution in [0.3, 0.4) is 0 Å². The number of nitrogens with one attached hydrogen (secondary N) is 1. The molecule has 0 aliphatic carbocycles. The first-order valence-electron chi connectivity index (χ1n) is 5.68. The van der Waals surface area contributed by atoms with E-state index in [0.717, 1.165) is 31.9 Å². The number of ether oxygens (including phenoxy) is 1. The molecule has 1 N–H and O–H groups in total. The minimum Gasteiger partial charge on any atom is -0.384 e. The average molecular weight is 233 g/mol. The van der Waals surface area contributed by atoms with E-state index in [0.29, 0.717) is 5.56 Å².